The van der Waals surface area contributed by atoms with Gasteiger partial charge in [0.1, 0.15) is 11.2 Å². The minimum absolute atomic E-state index is 0.199. The molecule has 4 aliphatic heterocycles. The van der Waals surface area contributed by atoms with E-state index >= 15 is 0 Å². The van der Waals surface area contributed by atoms with Crippen LogP contribution in [0.1, 0.15) is 67.2 Å². The Hall–Kier alpha value is -1.62. The maximum atomic E-state index is 11.7. The predicted molar refractivity (Wildman–Crippen MR) is 128 cm³/mol. The first kappa shape index (κ1) is 27.0. The van der Waals surface area contributed by atoms with E-state index in [9.17, 15) is 9.59 Å². The van der Waals surface area contributed by atoms with E-state index < -0.39 is 11.2 Å². The number of piperidine rings is 2. The quantitative estimate of drug-likeness (QED) is 0.470. The highest BCUT2D eigenvalue weighted by Gasteiger charge is 2.34. The molecule has 0 spiro atoms. The summed E-state index contributed by atoms with van der Waals surface area (Å²) in [5, 5.41) is 12.9. The van der Waals surface area contributed by atoms with Crippen molar-refractivity contribution >= 4 is 12.2 Å². The Kier molecular flexibility index (Phi) is 9.05. The van der Waals surface area contributed by atoms with Crippen LogP contribution in [0.2, 0.25) is 0 Å². The van der Waals surface area contributed by atoms with Gasteiger partial charge in [-0.2, -0.15) is 0 Å². The molecular formula is C24H44N4O6. The SMILES string of the molecule is CC(C)(C)OC(=O)NC1C[C@H]2COC[C@@H](C1)N2.CC(C)(C)OC(=O)NC1C[C@H]2COC[C@@H](C1)N2. The summed E-state index contributed by atoms with van der Waals surface area (Å²) in [6.45, 7) is 14.2. The van der Waals surface area contributed by atoms with Crippen LogP contribution >= 0.6 is 0 Å². The lowest BCUT2D eigenvalue weighted by atomic mass is 9.93. The van der Waals surface area contributed by atoms with Crippen molar-refractivity contribution in [3.8, 4) is 0 Å². The van der Waals surface area contributed by atoms with E-state index in [1.807, 2.05) is 41.5 Å². The highest BCUT2D eigenvalue weighted by atomic mass is 16.6. The lowest BCUT2D eigenvalue weighted by molar-refractivity contribution is 0.00984. The van der Waals surface area contributed by atoms with Crippen LogP contribution < -0.4 is 21.3 Å². The summed E-state index contributed by atoms with van der Waals surface area (Å²) in [6.07, 6.45) is 3.02. The third kappa shape index (κ3) is 9.56. The van der Waals surface area contributed by atoms with Crippen LogP contribution in [0.4, 0.5) is 9.59 Å². The number of rotatable bonds is 2. The molecule has 2 unspecified atom stereocenters. The maximum absolute atomic E-state index is 11.7. The zero-order chi connectivity index (χ0) is 24.9. The summed E-state index contributed by atoms with van der Waals surface area (Å²) in [5.74, 6) is 0. The fraction of sp³-hybridized carbons (Fsp3) is 0.917. The Balaban J connectivity index is 0.000000191. The van der Waals surface area contributed by atoms with Crippen LogP contribution in [0.25, 0.3) is 0 Å². The van der Waals surface area contributed by atoms with Crippen molar-refractivity contribution in [1.82, 2.24) is 21.3 Å². The second-order valence-corrected chi connectivity index (χ2v) is 11.8. The van der Waals surface area contributed by atoms with E-state index in [1.165, 1.54) is 0 Å². The van der Waals surface area contributed by atoms with Crippen LogP contribution in [-0.4, -0.2) is 86.1 Å². The van der Waals surface area contributed by atoms with Crippen LogP contribution in [0.5, 0.6) is 0 Å². The van der Waals surface area contributed by atoms with Crippen molar-refractivity contribution in [3.63, 3.8) is 0 Å². The molecule has 6 atom stereocenters. The van der Waals surface area contributed by atoms with Gasteiger partial charge in [-0.05, 0) is 67.2 Å². The smallest absolute Gasteiger partial charge is 0.407 e. The Bertz CT molecular complexity index is 610. The number of morpholine rings is 2. The molecule has 0 aromatic rings. The fourth-order valence-corrected chi connectivity index (χ4v) is 4.86. The van der Waals surface area contributed by atoms with Gasteiger partial charge in [-0.25, -0.2) is 9.59 Å². The molecule has 4 fully saturated rings. The van der Waals surface area contributed by atoms with Crippen LogP contribution in [0.3, 0.4) is 0 Å². The van der Waals surface area contributed by atoms with Gasteiger partial charge in [-0.15, -0.1) is 0 Å². The minimum atomic E-state index is -0.435. The van der Waals surface area contributed by atoms with Crippen molar-refractivity contribution in [1.29, 1.82) is 0 Å². The van der Waals surface area contributed by atoms with Crippen LogP contribution in [0, 0.1) is 0 Å². The zero-order valence-electron chi connectivity index (χ0n) is 21.6. The molecule has 0 aromatic carbocycles. The summed E-state index contributed by atoms with van der Waals surface area (Å²) in [7, 11) is 0. The molecule has 196 valence electrons. The molecule has 0 aliphatic carbocycles. The molecule has 2 amide bonds. The number of amides is 2. The molecule has 4 saturated heterocycles. The number of ether oxygens (including phenoxy) is 4. The number of fused-ring (bicyclic) bond motifs is 4. The Morgan fingerprint density at radius 1 is 0.647 bits per heavy atom. The molecule has 34 heavy (non-hydrogen) atoms. The monoisotopic (exact) mass is 484 g/mol. The summed E-state index contributed by atoms with van der Waals surface area (Å²) in [5.41, 5.74) is -0.869. The van der Waals surface area contributed by atoms with Crippen molar-refractivity contribution in [2.45, 2.75) is 115 Å². The Morgan fingerprint density at radius 3 is 1.21 bits per heavy atom. The highest BCUT2D eigenvalue weighted by molar-refractivity contribution is 5.68. The van der Waals surface area contributed by atoms with Crippen molar-refractivity contribution < 1.29 is 28.5 Å². The van der Waals surface area contributed by atoms with Gasteiger partial charge >= 0.3 is 12.2 Å². The molecule has 4 aliphatic rings. The van der Waals surface area contributed by atoms with E-state index in [0.29, 0.717) is 24.2 Å². The second kappa shape index (κ2) is 11.4. The predicted octanol–water partition coefficient (Wildman–Crippen LogP) is 2.06. The number of carbonyl (C=O) groups excluding carboxylic acids is 2. The molecule has 10 heteroatoms. The molecule has 0 saturated carbocycles. The van der Waals surface area contributed by atoms with E-state index in [1.54, 1.807) is 0 Å². The van der Waals surface area contributed by atoms with Gasteiger partial charge in [-0.1, -0.05) is 0 Å². The van der Waals surface area contributed by atoms with Gasteiger partial charge in [0.05, 0.1) is 26.4 Å². The molecule has 0 aromatic heterocycles. The van der Waals surface area contributed by atoms with Gasteiger partial charge in [0.15, 0.2) is 0 Å². The summed E-state index contributed by atoms with van der Waals surface area (Å²) < 4.78 is 21.4. The fourth-order valence-electron chi connectivity index (χ4n) is 4.86. The molecular weight excluding hydrogens is 440 g/mol. The molecule has 4 bridgehead atoms. The van der Waals surface area contributed by atoms with Gasteiger partial charge in [-0.3, -0.25) is 0 Å². The number of alkyl carbamates (subject to hydrolysis) is 2. The normalized spacial score (nSPS) is 33.0. The van der Waals surface area contributed by atoms with E-state index in [-0.39, 0.29) is 24.3 Å². The first-order chi connectivity index (χ1) is 15.8. The van der Waals surface area contributed by atoms with E-state index in [0.717, 1.165) is 52.1 Å². The Labute approximate surface area is 203 Å². The highest BCUT2D eigenvalue weighted by Crippen LogP contribution is 2.20. The minimum Gasteiger partial charge on any atom is -0.444 e. The average molecular weight is 485 g/mol. The molecule has 10 nitrogen and oxygen atoms in total. The first-order valence-electron chi connectivity index (χ1n) is 12.5. The van der Waals surface area contributed by atoms with Crippen molar-refractivity contribution in [2.75, 3.05) is 26.4 Å². The number of hydrogen-bond donors (Lipinski definition) is 4. The number of nitrogens with one attached hydrogen (secondary N) is 4. The van der Waals surface area contributed by atoms with Gasteiger partial charge in [0.25, 0.3) is 0 Å². The molecule has 4 heterocycles. The third-order valence-electron chi connectivity index (χ3n) is 5.94. The van der Waals surface area contributed by atoms with Gasteiger partial charge in [0.2, 0.25) is 0 Å². The summed E-state index contributed by atoms with van der Waals surface area (Å²) in [6, 6.07) is 1.85. The average Bonchev–Trinajstić information content (AvgIpc) is 2.64. The zero-order valence-corrected chi connectivity index (χ0v) is 21.6. The second-order valence-electron chi connectivity index (χ2n) is 11.8. The largest absolute Gasteiger partial charge is 0.444 e. The first-order valence-corrected chi connectivity index (χ1v) is 12.5. The topological polar surface area (TPSA) is 119 Å². The lowest BCUT2D eigenvalue weighted by Gasteiger charge is -2.40. The third-order valence-corrected chi connectivity index (χ3v) is 5.94. The molecule has 4 N–H and O–H groups in total. The maximum Gasteiger partial charge on any atom is 0.407 e. The van der Waals surface area contributed by atoms with Crippen molar-refractivity contribution in [2.24, 2.45) is 0 Å². The summed E-state index contributed by atoms with van der Waals surface area (Å²) in [4.78, 5) is 23.3. The Morgan fingerprint density at radius 2 is 0.941 bits per heavy atom. The molecule has 4 rings (SSSR count). The van der Waals surface area contributed by atoms with Gasteiger partial charge < -0.3 is 40.2 Å². The lowest BCUT2D eigenvalue weighted by Crippen LogP contribution is -2.58. The standard InChI is InChI=1S/2C12H22N2O3/c2*1-12(2,3)17-11(15)14-8-4-9-6-16-7-10(5-8)13-9/h2*8-10,13H,4-7H2,1-3H3,(H,14,15)/t2*8?,9-,10+. The van der Waals surface area contributed by atoms with Crippen LogP contribution in [0.15, 0.2) is 0 Å². The van der Waals surface area contributed by atoms with E-state index in [2.05, 4.69) is 21.3 Å². The van der Waals surface area contributed by atoms with Crippen molar-refractivity contribution in [3.05, 3.63) is 0 Å². The van der Waals surface area contributed by atoms with Gasteiger partial charge in [0, 0.05) is 36.3 Å². The number of carbonyl (C=O) groups is 2. The molecule has 0 radical (unpaired) electrons. The summed E-state index contributed by atoms with van der Waals surface area (Å²) >= 11 is 0. The number of hydrogen-bond acceptors (Lipinski definition) is 8. The van der Waals surface area contributed by atoms with Crippen LogP contribution in [-0.2, 0) is 18.9 Å². The van der Waals surface area contributed by atoms with E-state index in [4.69, 9.17) is 18.9 Å².